The predicted molar refractivity (Wildman–Crippen MR) is 104 cm³/mol. The van der Waals surface area contributed by atoms with Crippen molar-refractivity contribution in [3.63, 3.8) is 0 Å². The normalized spacial score (nSPS) is 16.4. The molecule has 4 rings (SSSR count). The van der Waals surface area contributed by atoms with Crippen LogP contribution in [0.5, 0.6) is 0 Å². The molecule has 5 nitrogen and oxygen atoms in total. The van der Waals surface area contributed by atoms with Crippen LogP contribution in [-0.4, -0.2) is 39.6 Å². The second-order valence-electron chi connectivity index (χ2n) is 7.53. The number of nitrogens with one attached hydrogen (secondary N) is 1. The van der Waals surface area contributed by atoms with E-state index in [0.717, 1.165) is 54.1 Å². The van der Waals surface area contributed by atoms with Crippen LogP contribution < -0.4 is 5.56 Å². The van der Waals surface area contributed by atoms with Crippen LogP contribution in [0.1, 0.15) is 46.8 Å². The number of aromatic nitrogens is 3. The number of hydrogen-bond acceptors (Lipinski definition) is 3. The van der Waals surface area contributed by atoms with E-state index in [4.69, 9.17) is 4.98 Å². The summed E-state index contributed by atoms with van der Waals surface area (Å²) in [5, 5.41) is 3.29. The molecule has 0 atom stereocenters. The highest BCUT2D eigenvalue weighted by Crippen LogP contribution is 2.32. The molecule has 3 heterocycles. The number of fused-ring (bicyclic) bond motifs is 1. The van der Waals surface area contributed by atoms with Crippen molar-refractivity contribution in [3.8, 4) is 0 Å². The lowest BCUT2D eigenvalue weighted by molar-refractivity contribution is 0.255. The Balaban J connectivity index is 1.78. The molecule has 2 aromatic heterocycles. The van der Waals surface area contributed by atoms with Gasteiger partial charge in [-0.2, -0.15) is 0 Å². The first kappa shape index (κ1) is 17.0. The van der Waals surface area contributed by atoms with Crippen LogP contribution in [0.2, 0.25) is 0 Å². The average Bonchev–Trinajstić information content (AvgIpc) is 2.96. The minimum absolute atomic E-state index is 0.0265. The Morgan fingerprint density at radius 3 is 2.54 bits per heavy atom. The number of piperidine rings is 1. The van der Waals surface area contributed by atoms with Crippen molar-refractivity contribution in [1.82, 2.24) is 19.5 Å². The van der Waals surface area contributed by atoms with Crippen molar-refractivity contribution in [2.75, 3.05) is 20.1 Å². The zero-order valence-corrected chi connectivity index (χ0v) is 15.7. The van der Waals surface area contributed by atoms with Crippen molar-refractivity contribution in [2.45, 2.75) is 39.0 Å². The van der Waals surface area contributed by atoms with Gasteiger partial charge in [-0.15, -0.1) is 0 Å². The van der Waals surface area contributed by atoms with E-state index in [0.29, 0.717) is 12.3 Å². The maximum atomic E-state index is 13.1. The lowest BCUT2D eigenvalue weighted by Gasteiger charge is -2.28. The molecular weight excluding hydrogens is 324 g/mol. The zero-order valence-electron chi connectivity index (χ0n) is 15.7. The third-order valence-corrected chi connectivity index (χ3v) is 5.66. The van der Waals surface area contributed by atoms with Crippen molar-refractivity contribution < 1.29 is 0 Å². The van der Waals surface area contributed by atoms with Gasteiger partial charge in [0, 0.05) is 28.9 Å². The number of hydrogen-bond donors (Lipinski definition) is 1. The monoisotopic (exact) mass is 350 g/mol. The molecule has 1 aromatic carbocycles. The molecule has 1 aliphatic heterocycles. The molecule has 26 heavy (non-hydrogen) atoms. The minimum atomic E-state index is 0.0265. The lowest BCUT2D eigenvalue weighted by atomic mass is 9.89. The molecular formula is C21H26N4O. The highest BCUT2D eigenvalue weighted by molar-refractivity contribution is 5.53. The summed E-state index contributed by atoms with van der Waals surface area (Å²) in [6.07, 6.45) is 2.85. The molecule has 0 spiro atoms. The summed E-state index contributed by atoms with van der Waals surface area (Å²) in [7, 11) is 2.17. The molecule has 3 aromatic rings. The van der Waals surface area contributed by atoms with Gasteiger partial charge in [-0.3, -0.25) is 9.89 Å². The van der Waals surface area contributed by atoms with E-state index < -0.39 is 0 Å². The first-order chi connectivity index (χ1) is 12.5. The Hall–Kier alpha value is -2.40. The van der Waals surface area contributed by atoms with Crippen LogP contribution >= 0.6 is 0 Å². The third-order valence-electron chi connectivity index (χ3n) is 5.66. The van der Waals surface area contributed by atoms with Crippen LogP contribution in [0, 0.1) is 13.8 Å². The van der Waals surface area contributed by atoms with E-state index in [-0.39, 0.29) is 5.56 Å². The second kappa shape index (κ2) is 6.72. The fourth-order valence-corrected chi connectivity index (χ4v) is 4.13. The molecule has 1 N–H and O–H groups in total. The van der Waals surface area contributed by atoms with E-state index in [2.05, 4.69) is 36.1 Å². The van der Waals surface area contributed by atoms with Gasteiger partial charge in [0.1, 0.15) is 0 Å². The van der Waals surface area contributed by atoms with Gasteiger partial charge in [0.25, 0.3) is 5.56 Å². The third kappa shape index (κ3) is 2.97. The largest absolute Gasteiger partial charge is 0.306 e. The fraction of sp³-hybridized carbons (Fsp3) is 0.429. The van der Waals surface area contributed by atoms with Crippen LogP contribution in [-0.2, 0) is 6.42 Å². The molecule has 0 aliphatic carbocycles. The molecule has 0 radical (unpaired) electrons. The number of rotatable bonds is 3. The molecule has 1 saturated heterocycles. The summed E-state index contributed by atoms with van der Waals surface area (Å²) in [6, 6.07) is 10.1. The van der Waals surface area contributed by atoms with Gasteiger partial charge in [-0.05, 0) is 58.3 Å². The van der Waals surface area contributed by atoms with Crippen molar-refractivity contribution in [1.29, 1.82) is 0 Å². The maximum absolute atomic E-state index is 13.1. The molecule has 5 heteroatoms. The van der Waals surface area contributed by atoms with Gasteiger partial charge in [-0.1, -0.05) is 30.3 Å². The Morgan fingerprint density at radius 2 is 1.85 bits per heavy atom. The summed E-state index contributed by atoms with van der Waals surface area (Å²) in [5.74, 6) is 0.471. The summed E-state index contributed by atoms with van der Waals surface area (Å²) >= 11 is 0. The van der Waals surface area contributed by atoms with Gasteiger partial charge in [0.2, 0.25) is 0 Å². The molecule has 0 saturated carbocycles. The number of H-pyrrole nitrogens is 1. The van der Waals surface area contributed by atoms with Crippen molar-refractivity contribution in [2.24, 2.45) is 0 Å². The quantitative estimate of drug-likeness (QED) is 0.790. The van der Waals surface area contributed by atoms with Crippen LogP contribution in [0.3, 0.4) is 0 Å². The van der Waals surface area contributed by atoms with E-state index in [1.165, 1.54) is 5.56 Å². The zero-order chi connectivity index (χ0) is 18.3. The van der Waals surface area contributed by atoms with E-state index >= 15 is 0 Å². The number of nitrogens with zero attached hydrogens (tertiary/aromatic N) is 3. The number of likely N-dealkylation sites (tertiary alicyclic amines) is 1. The number of benzene rings is 1. The highest BCUT2D eigenvalue weighted by Gasteiger charge is 2.25. The summed E-state index contributed by atoms with van der Waals surface area (Å²) in [4.78, 5) is 20.4. The SMILES string of the molecule is Cc1nc2c(C3CCN(C)CC3)c(C)[nH]n2c(=O)c1Cc1ccccc1. The average molecular weight is 350 g/mol. The van der Waals surface area contributed by atoms with Gasteiger partial charge in [0.15, 0.2) is 5.65 Å². The Kier molecular flexibility index (Phi) is 4.41. The van der Waals surface area contributed by atoms with Gasteiger partial charge in [0.05, 0.1) is 0 Å². The van der Waals surface area contributed by atoms with Gasteiger partial charge in [-0.25, -0.2) is 9.50 Å². The van der Waals surface area contributed by atoms with Gasteiger partial charge >= 0.3 is 0 Å². The van der Waals surface area contributed by atoms with Gasteiger partial charge < -0.3 is 4.90 Å². The summed E-state index contributed by atoms with van der Waals surface area (Å²) < 4.78 is 1.66. The highest BCUT2D eigenvalue weighted by atomic mass is 16.1. The molecule has 1 fully saturated rings. The van der Waals surface area contributed by atoms with E-state index in [9.17, 15) is 4.79 Å². The molecule has 0 unspecified atom stereocenters. The van der Waals surface area contributed by atoms with E-state index in [1.807, 2.05) is 25.1 Å². The van der Waals surface area contributed by atoms with E-state index in [1.54, 1.807) is 4.52 Å². The first-order valence-electron chi connectivity index (χ1n) is 9.37. The maximum Gasteiger partial charge on any atom is 0.276 e. The van der Waals surface area contributed by atoms with Crippen molar-refractivity contribution in [3.05, 3.63) is 68.8 Å². The first-order valence-corrected chi connectivity index (χ1v) is 9.37. The standard InChI is InChI=1S/C21H26N4O/c1-14-18(13-16-7-5-4-6-8-16)21(26)25-20(22-14)19(15(2)23-25)17-9-11-24(3)12-10-17/h4-8,17,23H,9-13H2,1-3H3. The van der Waals surface area contributed by atoms with Crippen LogP contribution in [0.25, 0.3) is 5.65 Å². The second-order valence-corrected chi connectivity index (χ2v) is 7.53. The summed E-state index contributed by atoms with van der Waals surface area (Å²) in [5.41, 5.74) is 5.88. The molecule has 136 valence electrons. The number of aromatic amines is 1. The molecule has 0 amide bonds. The molecule has 0 bridgehead atoms. The lowest BCUT2D eigenvalue weighted by Crippen LogP contribution is -2.29. The minimum Gasteiger partial charge on any atom is -0.306 e. The van der Waals surface area contributed by atoms with Crippen molar-refractivity contribution >= 4 is 5.65 Å². The summed E-state index contributed by atoms with van der Waals surface area (Å²) in [6.45, 7) is 6.21. The predicted octanol–water partition coefficient (Wildman–Crippen LogP) is 3.04. The smallest absolute Gasteiger partial charge is 0.276 e. The Morgan fingerprint density at radius 1 is 1.15 bits per heavy atom. The number of aryl methyl sites for hydroxylation is 2. The molecule has 1 aliphatic rings. The topological polar surface area (TPSA) is 53.4 Å². The Labute approximate surface area is 153 Å². The van der Waals surface area contributed by atoms with Crippen LogP contribution in [0.15, 0.2) is 35.1 Å². The van der Waals surface area contributed by atoms with Crippen LogP contribution in [0.4, 0.5) is 0 Å². The fourth-order valence-electron chi connectivity index (χ4n) is 4.13. The Bertz CT molecular complexity index is 979.